The van der Waals surface area contributed by atoms with Gasteiger partial charge >= 0.3 is 6.18 Å². The van der Waals surface area contributed by atoms with E-state index in [1.165, 1.54) is 6.07 Å². The average molecular weight is 324 g/mol. The molecule has 0 saturated heterocycles. The first-order valence-electron chi connectivity index (χ1n) is 5.12. The number of halogens is 4. The van der Waals surface area contributed by atoms with Crippen molar-refractivity contribution >= 4 is 15.9 Å². The number of benzene rings is 1. The smallest absolute Gasteiger partial charge is 0.420 e. The Balaban J connectivity index is 3.29. The highest BCUT2D eigenvalue weighted by atomic mass is 79.9. The van der Waals surface area contributed by atoms with Crippen molar-refractivity contribution < 1.29 is 18.3 Å². The van der Waals surface area contributed by atoms with Gasteiger partial charge in [-0.05, 0) is 25.5 Å². The van der Waals surface area contributed by atoms with Crippen molar-refractivity contribution in [3.05, 3.63) is 39.9 Å². The van der Waals surface area contributed by atoms with Gasteiger partial charge in [-0.25, -0.2) is 0 Å². The van der Waals surface area contributed by atoms with E-state index in [4.69, 9.17) is 5.73 Å². The van der Waals surface area contributed by atoms with Crippen molar-refractivity contribution in [2.75, 3.05) is 0 Å². The molecule has 1 atom stereocenters. The Bertz CT molecular complexity index is 471. The van der Waals surface area contributed by atoms with Crippen LogP contribution in [0.2, 0.25) is 0 Å². The SMILES string of the molecule is C=C(C)C[C@@H](N)c1cc(Br)cc(C(F)(F)F)c1O. The quantitative estimate of drug-likeness (QED) is 0.821. The first-order chi connectivity index (χ1) is 8.12. The third kappa shape index (κ3) is 3.49. The zero-order valence-corrected chi connectivity index (χ0v) is 11.3. The van der Waals surface area contributed by atoms with Crippen LogP contribution in [-0.4, -0.2) is 5.11 Å². The third-order valence-corrected chi connectivity index (χ3v) is 2.84. The number of hydrogen-bond acceptors (Lipinski definition) is 2. The number of hydrogen-bond donors (Lipinski definition) is 2. The van der Waals surface area contributed by atoms with Crippen LogP contribution in [0, 0.1) is 0 Å². The molecule has 0 amide bonds. The molecule has 0 heterocycles. The van der Waals surface area contributed by atoms with E-state index < -0.39 is 23.5 Å². The summed E-state index contributed by atoms with van der Waals surface area (Å²) in [5, 5.41) is 9.68. The molecular formula is C12H13BrF3NO. The molecule has 3 N–H and O–H groups in total. The number of alkyl halides is 3. The van der Waals surface area contributed by atoms with Gasteiger partial charge in [-0.15, -0.1) is 6.58 Å². The predicted octanol–water partition coefficient (Wildman–Crippen LogP) is 4.14. The van der Waals surface area contributed by atoms with Crippen LogP contribution in [0.5, 0.6) is 5.75 Å². The molecule has 0 aliphatic carbocycles. The number of rotatable bonds is 3. The largest absolute Gasteiger partial charge is 0.507 e. The van der Waals surface area contributed by atoms with Gasteiger partial charge in [0, 0.05) is 16.1 Å². The molecule has 0 aliphatic rings. The van der Waals surface area contributed by atoms with E-state index in [-0.39, 0.29) is 10.0 Å². The molecule has 0 fully saturated rings. The number of phenolic OH excluding ortho intramolecular Hbond substituents is 1. The van der Waals surface area contributed by atoms with E-state index in [9.17, 15) is 18.3 Å². The molecule has 0 aliphatic heterocycles. The first kappa shape index (κ1) is 15.0. The third-order valence-electron chi connectivity index (χ3n) is 2.38. The van der Waals surface area contributed by atoms with Gasteiger partial charge in [-0.1, -0.05) is 21.5 Å². The van der Waals surface area contributed by atoms with Crippen LogP contribution < -0.4 is 5.73 Å². The lowest BCUT2D eigenvalue weighted by Crippen LogP contribution is -2.14. The van der Waals surface area contributed by atoms with Gasteiger partial charge in [0.1, 0.15) is 5.75 Å². The normalized spacial score (nSPS) is 13.4. The Kier molecular flexibility index (Phi) is 4.45. The van der Waals surface area contributed by atoms with Crippen molar-refractivity contribution in [1.29, 1.82) is 0 Å². The highest BCUT2D eigenvalue weighted by Crippen LogP contribution is 2.41. The van der Waals surface area contributed by atoms with E-state index in [1.807, 2.05) is 0 Å². The highest BCUT2D eigenvalue weighted by Gasteiger charge is 2.35. The maximum absolute atomic E-state index is 12.7. The Morgan fingerprint density at radius 3 is 2.50 bits per heavy atom. The highest BCUT2D eigenvalue weighted by molar-refractivity contribution is 9.10. The summed E-state index contributed by atoms with van der Waals surface area (Å²) in [5.74, 6) is -0.820. The van der Waals surface area contributed by atoms with Gasteiger partial charge in [0.05, 0.1) is 5.56 Å². The number of phenols is 1. The van der Waals surface area contributed by atoms with Gasteiger partial charge in [0.15, 0.2) is 0 Å². The molecular weight excluding hydrogens is 311 g/mol. The minimum absolute atomic E-state index is 0.0553. The van der Waals surface area contributed by atoms with E-state index in [2.05, 4.69) is 22.5 Å². The van der Waals surface area contributed by atoms with Gasteiger partial charge in [0.25, 0.3) is 0 Å². The fourth-order valence-electron chi connectivity index (χ4n) is 1.60. The van der Waals surface area contributed by atoms with Crippen LogP contribution in [0.25, 0.3) is 0 Å². The molecule has 18 heavy (non-hydrogen) atoms. The summed E-state index contributed by atoms with van der Waals surface area (Å²) in [6, 6.07) is 1.49. The molecule has 0 bridgehead atoms. The number of aromatic hydroxyl groups is 1. The summed E-state index contributed by atoms with van der Waals surface area (Å²) in [6.07, 6.45) is -4.31. The van der Waals surface area contributed by atoms with Crippen LogP contribution in [-0.2, 0) is 6.18 Å². The molecule has 6 heteroatoms. The van der Waals surface area contributed by atoms with Crippen molar-refractivity contribution in [2.45, 2.75) is 25.6 Å². The standard InChI is InChI=1S/C12H13BrF3NO/c1-6(2)3-10(17)8-4-7(13)5-9(11(8)18)12(14,15)16/h4-5,10,18H,1,3,17H2,2H3/t10-/m1/s1. The fraction of sp³-hybridized carbons (Fsp3) is 0.333. The van der Waals surface area contributed by atoms with Gasteiger partial charge < -0.3 is 10.8 Å². The van der Waals surface area contributed by atoms with Crippen LogP contribution in [0.1, 0.15) is 30.5 Å². The zero-order chi connectivity index (χ0) is 14.1. The topological polar surface area (TPSA) is 46.2 Å². The Morgan fingerprint density at radius 1 is 1.50 bits per heavy atom. The molecule has 1 aromatic rings. The summed E-state index contributed by atoms with van der Waals surface area (Å²) >= 11 is 2.99. The maximum atomic E-state index is 12.7. The minimum atomic E-state index is -4.62. The van der Waals surface area contributed by atoms with Gasteiger partial charge in [-0.3, -0.25) is 0 Å². The van der Waals surface area contributed by atoms with E-state index in [1.54, 1.807) is 6.92 Å². The van der Waals surface area contributed by atoms with Crippen LogP contribution in [0.4, 0.5) is 13.2 Å². The molecule has 0 saturated carbocycles. The molecule has 100 valence electrons. The van der Waals surface area contributed by atoms with Crippen molar-refractivity contribution in [1.82, 2.24) is 0 Å². The molecule has 0 unspecified atom stereocenters. The lowest BCUT2D eigenvalue weighted by molar-refractivity contribution is -0.138. The zero-order valence-electron chi connectivity index (χ0n) is 9.68. The average Bonchev–Trinajstić information content (AvgIpc) is 2.18. The van der Waals surface area contributed by atoms with Crippen molar-refractivity contribution in [3.8, 4) is 5.75 Å². The second kappa shape index (κ2) is 5.32. The maximum Gasteiger partial charge on any atom is 0.420 e. The van der Waals surface area contributed by atoms with E-state index in [0.29, 0.717) is 6.42 Å². The Hall–Kier alpha value is -1.01. The van der Waals surface area contributed by atoms with Gasteiger partial charge in [-0.2, -0.15) is 13.2 Å². The lowest BCUT2D eigenvalue weighted by atomic mass is 9.98. The van der Waals surface area contributed by atoms with Crippen LogP contribution >= 0.6 is 15.9 Å². The van der Waals surface area contributed by atoms with Gasteiger partial charge in [0.2, 0.25) is 0 Å². The summed E-state index contributed by atoms with van der Waals surface area (Å²) in [4.78, 5) is 0. The predicted molar refractivity (Wildman–Crippen MR) is 67.2 cm³/mol. The van der Waals surface area contributed by atoms with Crippen LogP contribution in [0.3, 0.4) is 0 Å². The fourth-order valence-corrected chi connectivity index (χ4v) is 2.08. The summed E-state index contributed by atoms with van der Waals surface area (Å²) in [7, 11) is 0. The van der Waals surface area contributed by atoms with Crippen molar-refractivity contribution in [3.63, 3.8) is 0 Å². The summed E-state index contributed by atoms with van der Waals surface area (Å²) < 4.78 is 38.3. The molecule has 1 aromatic carbocycles. The Labute approximate surface area is 111 Å². The lowest BCUT2D eigenvalue weighted by Gasteiger charge is -2.18. The second-order valence-electron chi connectivity index (χ2n) is 4.16. The monoisotopic (exact) mass is 323 g/mol. The van der Waals surface area contributed by atoms with Crippen molar-refractivity contribution in [2.24, 2.45) is 5.73 Å². The molecule has 0 spiro atoms. The van der Waals surface area contributed by atoms with Crippen LogP contribution in [0.15, 0.2) is 28.8 Å². The molecule has 0 radical (unpaired) electrons. The summed E-state index contributed by atoms with van der Waals surface area (Å²) in [5.41, 5.74) is 5.46. The number of nitrogens with two attached hydrogens (primary N) is 1. The Morgan fingerprint density at radius 2 is 2.06 bits per heavy atom. The molecule has 1 rings (SSSR count). The van der Waals surface area contributed by atoms with E-state index in [0.717, 1.165) is 11.6 Å². The minimum Gasteiger partial charge on any atom is -0.507 e. The second-order valence-corrected chi connectivity index (χ2v) is 5.07. The molecule has 2 nitrogen and oxygen atoms in total. The van der Waals surface area contributed by atoms with E-state index >= 15 is 0 Å². The molecule has 0 aromatic heterocycles. The summed E-state index contributed by atoms with van der Waals surface area (Å²) in [6.45, 7) is 5.37. The first-order valence-corrected chi connectivity index (χ1v) is 5.91.